The Morgan fingerprint density at radius 2 is 2.17 bits per heavy atom. The molecular formula is C12H11N5O. The fourth-order valence-corrected chi connectivity index (χ4v) is 1.67. The second-order valence-corrected chi connectivity index (χ2v) is 3.82. The summed E-state index contributed by atoms with van der Waals surface area (Å²) in [5.41, 5.74) is 7.12. The first-order chi connectivity index (χ1) is 8.74. The fraction of sp³-hybridized carbons (Fsp3) is 0.0833. The second kappa shape index (κ2) is 3.99. The normalized spacial score (nSPS) is 10.7. The van der Waals surface area contributed by atoms with E-state index in [0.29, 0.717) is 23.1 Å². The Morgan fingerprint density at radius 3 is 3.00 bits per heavy atom. The quantitative estimate of drug-likeness (QED) is 0.740. The molecule has 0 aliphatic rings. The molecule has 0 aliphatic heterocycles. The number of fused-ring (bicyclic) bond motifs is 1. The Bertz CT molecular complexity index is 707. The summed E-state index contributed by atoms with van der Waals surface area (Å²) in [6.45, 7) is 1.87. The summed E-state index contributed by atoms with van der Waals surface area (Å²) in [6, 6.07) is 3.63. The summed E-state index contributed by atoms with van der Waals surface area (Å²) >= 11 is 0. The van der Waals surface area contributed by atoms with E-state index < -0.39 is 0 Å². The molecule has 0 aliphatic carbocycles. The third kappa shape index (κ3) is 1.73. The van der Waals surface area contributed by atoms with Crippen LogP contribution in [0.15, 0.2) is 36.9 Å². The first-order valence-electron chi connectivity index (χ1n) is 5.43. The lowest BCUT2D eigenvalue weighted by Gasteiger charge is -2.08. The van der Waals surface area contributed by atoms with Crippen molar-refractivity contribution in [2.24, 2.45) is 0 Å². The first-order valence-corrected chi connectivity index (χ1v) is 5.43. The van der Waals surface area contributed by atoms with Crippen molar-refractivity contribution in [3.63, 3.8) is 0 Å². The third-order valence-corrected chi connectivity index (χ3v) is 2.53. The Hall–Kier alpha value is -2.63. The van der Waals surface area contributed by atoms with Crippen LogP contribution in [0.4, 0.5) is 5.82 Å². The maximum absolute atomic E-state index is 5.72. The minimum absolute atomic E-state index is 0.371. The summed E-state index contributed by atoms with van der Waals surface area (Å²) in [4.78, 5) is 12.5. The smallest absolute Gasteiger partial charge is 0.265 e. The number of hydrogen-bond donors (Lipinski definition) is 1. The van der Waals surface area contributed by atoms with Crippen LogP contribution in [0.25, 0.3) is 5.65 Å². The minimum atomic E-state index is 0.371. The van der Waals surface area contributed by atoms with E-state index in [-0.39, 0.29) is 0 Å². The zero-order chi connectivity index (χ0) is 12.5. The van der Waals surface area contributed by atoms with E-state index >= 15 is 0 Å². The molecule has 18 heavy (non-hydrogen) atoms. The highest BCUT2D eigenvalue weighted by molar-refractivity contribution is 5.54. The molecule has 0 radical (unpaired) electrons. The van der Waals surface area contributed by atoms with E-state index in [1.54, 1.807) is 35.3 Å². The first kappa shape index (κ1) is 10.5. The van der Waals surface area contributed by atoms with Gasteiger partial charge in [-0.05, 0) is 19.1 Å². The molecule has 0 saturated heterocycles. The number of nitrogen functional groups attached to an aromatic ring is 1. The molecule has 90 valence electrons. The molecule has 0 atom stereocenters. The number of imidazole rings is 1. The number of aromatic nitrogens is 4. The molecule has 3 aromatic rings. The van der Waals surface area contributed by atoms with E-state index in [9.17, 15) is 0 Å². The number of rotatable bonds is 2. The molecule has 0 bridgehead atoms. The van der Waals surface area contributed by atoms with Gasteiger partial charge in [-0.3, -0.25) is 9.38 Å². The number of anilines is 1. The Balaban J connectivity index is 2.10. The standard InChI is InChI=1S/C12H11N5O/c1-8-9(3-2-4-14-8)18-12-11-15-5-6-17(11)7-10(13)16-12/h2-7H,13H2,1H3. The average Bonchev–Trinajstić information content (AvgIpc) is 2.80. The van der Waals surface area contributed by atoms with Gasteiger partial charge in [-0.2, -0.15) is 4.98 Å². The summed E-state index contributed by atoms with van der Waals surface area (Å²) in [5, 5.41) is 0. The van der Waals surface area contributed by atoms with Gasteiger partial charge in [0.25, 0.3) is 5.88 Å². The van der Waals surface area contributed by atoms with Crippen LogP contribution in [0.1, 0.15) is 5.69 Å². The Morgan fingerprint density at radius 1 is 1.28 bits per heavy atom. The van der Waals surface area contributed by atoms with Crippen LogP contribution >= 0.6 is 0 Å². The molecule has 2 N–H and O–H groups in total. The number of pyridine rings is 1. The molecule has 0 unspecified atom stereocenters. The number of aryl methyl sites for hydroxylation is 1. The van der Waals surface area contributed by atoms with E-state index in [0.717, 1.165) is 5.69 Å². The lowest BCUT2D eigenvalue weighted by atomic mass is 10.3. The van der Waals surface area contributed by atoms with Crippen molar-refractivity contribution in [1.29, 1.82) is 0 Å². The molecule has 0 fully saturated rings. The van der Waals surface area contributed by atoms with E-state index in [2.05, 4.69) is 15.0 Å². The third-order valence-electron chi connectivity index (χ3n) is 2.53. The van der Waals surface area contributed by atoms with Crippen molar-refractivity contribution in [2.45, 2.75) is 6.92 Å². The lowest BCUT2D eigenvalue weighted by Crippen LogP contribution is -2.00. The number of hydrogen-bond acceptors (Lipinski definition) is 5. The van der Waals surface area contributed by atoms with Gasteiger partial charge < -0.3 is 10.5 Å². The zero-order valence-corrected chi connectivity index (χ0v) is 9.74. The van der Waals surface area contributed by atoms with Crippen molar-refractivity contribution in [3.05, 3.63) is 42.6 Å². The molecule has 6 heteroatoms. The maximum Gasteiger partial charge on any atom is 0.265 e. The SMILES string of the molecule is Cc1ncccc1Oc1nc(N)cn2ccnc12. The van der Waals surface area contributed by atoms with Crippen LogP contribution in [-0.4, -0.2) is 19.4 Å². The fourth-order valence-electron chi connectivity index (χ4n) is 1.67. The van der Waals surface area contributed by atoms with Crippen LogP contribution in [0.2, 0.25) is 0 Å². The molecule has 0 saturated carbocycles. The van der Waals surface area contributed by atoms with Gasteiger partial charge >= 0.3 is 0 Å². The predicted octanol–water partition coefficient (Wildman–Crippen LogP) is 1.81. The molecular weight excluding hydrogens is 230 g/mol. The van der Waals surface area contributed by atoms with Gasteiger partial charge in [-0.15, -0.1) is 0 Å². The summed E-state index contributed by atoms with van der Waals surface area (Å²) in [7, 11) is 0. The van der Waals surface area contributed by atoms with Crippen molar-refractivity contribution in [1.82, 2.24) is 19.4 Å². The van der Waals surface area contributed by atoms with Crippen molar-refractivity contribution in [3.8, 4) is 11.6 Å². The van der Waals surface area contributed by atoms with Crippen LogP contribution in [-0.2, 0) is 0 Å². The van der Waals surface area contributed by atoms with E-state index in [1.165, 1.54) is 0 Å². The van der Waals surface area contributed by atoms with Gasteiger partial charge in [0.15, 0.2) is 5.75 Å². The van der Waals surface area contributed by atoms with Crippen molar-refractivity contribution < 1.29 is 4.74 Å². The molecule has 0 spiro atoms. The monoisotopic (exact) mass is 241 g/mol. The van der Waals surface area contributed by atoms with Crippen LogP contribution < -0.4 is 10.5 Å². The summed E-state index contributed by atoms with van der Waals surface area (Å²) in [5.74, 6) is 1.38. The number of ether oxygens (including phenoxy) is 1. The average molecular weight is 241 g/mol. The van der Waals surface area contributed by atoms with E-state index in [4.69, 9.17) is 10.5 Å². The van der Waals surface area contributed by atoms with Crippen molar-refractivity contribution in [2.75, 3.05) is 5.73 Å². The molecule has 3 aromatic heterocycles. The van der Waals surface area contributed by atoms with Gasteiger partial charge in [0.05, 0.1) is 11.9 Å². The molecule has 0 aromatic carbocycles. The molecule has 3 rings (SSSR count). The van der Waals surface area contributed by atoms with Crippen LogP contribution in [0.5, 0.6) is 11.6 Å². The van der Waals surface area contributed by atoms with Gasteiger partial charge in [-0.1, -0.05) is 0 Å². The summed E-state index contributed by atoms with van der Waals surface area (Å²) < 4.78 is 7.49. The maximum atomic E-state index is 5.72. The predicted molar refractivity (Wildman–Crippen MR) is 66.4 cm³/mol. The van der Waals surface area contributed by atoms with E-state index in [1.807, 2.05) is 13.0 Å². The van der Waals surface area contributed by atoms with Crippen LogP contribution in [0.3, 0.4) is 0 Å². The van der Waals surface area contributed by atoms with Gasteiger partial charge in [0.1, 0.15) is 5.82 Å². The van der Waals surface area contributed by atoms with Crippen molar-refractivity contribution >= 4 is 11.5 Å². The highest BCUT2D eigenvalue weighted by Crippen LogP contribution is 2.25. The second-order valence-electron chi connectivity index (χ2n) is 3.82. The highest BCUT2D eigenvalue weighted by atomic mass is 16.5. The Kier molecular flexibility index (Phi) is 2.33. The zero-order valence-electron chi connectivity index (χ0n) is 9.74. The topological polar surface area (TPSA) is 78.3 Å². The minimum Gasteiger partial charge on any atom is -0.434 e. The highest BCUT2D eigenvalue weighted by Gasteiger charge is 2.10. The molecule has 6 nitrogen and oxygen atoms in total. The van der Waals surface area contributed by atoms with Gasteiger partial charge in [0, 0.05) is 18.6 Å². The lowest BCUT2D eigenvalue weighted by molar-refractivity contribution is 0.459. The number of nitrogens with zero attached hydrogens (tertiary/aromatic N) is 4. The summed E-state index contributed by atoms with van der Waals surface area (Å²) in [6.07, 6.45) is 6.85. The largest absolute Gasteiger partial charge is 0.434 e. The molecule has 0 amide bonds. The van der Waals surface area contributed by atoms with Crippen LogP contribution in [0, 0.1) is 6.92 Å². The number of nitrogens with two attached hydrogens (primary N) is 1. The Labute approximate surface area is 103 Å². The van der Waals surface area contributed by atoms with Gasteiger partial charge in [-0.25, -0.2) is 4.98 Å². The van der Waals surface area contributed by atoms with Gasteiger partial charge in [0.2, 0.25) is 5.65 Å². The molecule has 3 heterocycles.